The zero-order valence-electron chi connectivity index (χ0n) is 4.57. The van der Waals surface area contributed by atoms with Crippen LogP contribution in [0.5, 0.6) is 0 Å². The van der Waals surface area contributed by atoms with Crippen molar-refractivity contribution in [3.8, 4) is 0 Å². The van der Waals surface area contributed by atoms with E-state index in [-0.39, 0.29) is 0 Å². The Kier molecular flexibility index (Phi) is 1.42. The zero-order valence-corrected chi connectivity index (χ0v) is 4.57. The predicted molar refractivity (Wildman–Crippen MR) is 30.6 cm³/mol. The molecule has 0 saturated carbocycles. The summed E-state index contributed by atoms with van der Waals surface area (Å²) in [6.45, 7) is 4.00. The van der Waals surface area contributed by atoms with E-state index in [1.807, 2.05) is 0 Å². The lowest BCUT2D eigenvalue weighted by Gasteiger charge is -2.07. The third-order valence-electron chi connectivity index (χ3n) is 1.12. The summed E-state index contributed by atoms with van der Waals surface area (Å²) in [5.74, 6) is 0. The molecule has 0 aromatic rings. The fourth-order valence-corrected chi connectivity index (χ4v) is 0.618. The highest BCUT2D eigenvalue weighted by Crippen LogP contribution is 1.88. The minimum Gasteiger partial charge on any atom is -0.298 e. The SMILES string of the molecule is CC1=NCNCC1. The number of hydrogen-bond acceptors (Lipinski definition) is 2. The van der Waals surface area contributed by atoms with Crippen LogP contribution in [0.3, 0.4) is 0 Å². The normalized spacial score (nSPS) is 21.6. The van der Waals surface area contributed by atoms with Gasteiger partial charge < -0.3 is 0 Å². The first-order valence-corrected chi connectivity index (χ1v) is 2.60. The quantitative estimate of drug-likeness (QED) is 0.466. The van der Waals surface area contributed by atoms with E-state index in [0.717, 1.165) is 19.6 Å². The summed E-state index contributed by atoms with van der Waals surface area (Å²) < 4.78 is 0. The Hall–Kier alpha value is -0.370. The molecular formula is C5H10N2. The summed E-state index contributed by atoms with van der Waals surface area (Å²) in [5.41, 5.74) is 1.28. The van der Waals surface area contributed by atoms with Crippen LogP contribution in [-0.4, -0.2) is 18.9 Å². The van der Waals surface area contributed by atoms with Gasteiger partial charge >= 0.3 is 0 Å². The van der Waals surface area contributed by atoms with Crippen LogP contribution in [0.25, 0.3) is 0 Å². The number of hydrogen-bond donors (Lipinski definition) is 1. The second-order valence-corrected chi connectivity index (χ2v) is 1.80. The molecule has 0 fully saturated rings. The summed E-state index contributed by atoms with van der Waals surface area (Å²) in [6, 6.07) is 0. The maximum absolute atomic E-state index is 4.14. The van der Waals surface area contributed by atoms with Crippen molar-refractivity contribution in [1.82, 2.24) is 5.32 Å². The van der Waals surface area contributed by atoms with E-state index in [0.29, 0.717) is 0 Å². The third kappa shape index (κ3) is 1.27. The van der Waals surface area contributed by atoms with Crippen molar-refractivity contribution in [2.24, 2.45) is 4.99 Å². The van der Waals surface area contributed by atoms with Gasteiger partial charge in [0.1, 0.15) is 0 Å². The Labute approximate surface area is 43.6 Å². The summed E-state index contributed by atoms with van der Waals surface area (Å²) in [5, 5.41) is 3.13. The lowest BCUT2D eigenvalue weighted by Crippen LogP contribution is -2.23. The highest BCUT2D eigenvalue weighted by atomic mass is 15.0. The highest BCUT2D eigenvalue weighted by Gasteiger charge is 1.94. The molecule has 0 aromatic carbocycles. The number of nitrogens with one attached hydrogen (secondary N) is 1. The minimum absolute atomic E-state index is 0.825. The van der Waals surface area contributed by atoms with Gasteiger partial charge in [-0.05, 0) is 13.3 Å². The van der Waals surface area contributed by atoms with Gasteiger partial charge in [0, 0.05) is 12.3 Å². The van der Waals surface area contributed by atoms with Crippen LogP contribution in [0.2, 0.25) is 0 Å². The molecule has 0 saturated heterocycles. The predicted octanol–water partition coefficient (Wildman–Crippen LogP) is 0.398. The fourth-order valence-electron chi connectivity index (χ4n) is 0.618. The molecule has 40 valence electrons. The van der Waals surface area contributed by atoms with Crippen LogP contribution in [-0.2, 0) is 0 Å². The Balaban J connectivity index is 2.40. The first-order valence-electron chi connectivity index (χ1n) is 2.60. The molecule has 1 rings (SSSR count). The third-order valence-corrected chi connectivity index (χ3v) is 1.12. The van der Waals surface area contributed by atoms with Gasteiger partial charge in [0.2, 0.25) is 0 Å². The van der Waals surface area contributed by atoms with E-state index >= 15 is 0 Å². The number of nitrogens with zero attached hydrogens (tertiary/aromatic N) is 1. The minimum atomic E-state index is 0.825. The molecule has 7 heavy (non-hydrogen) atoms. The Morgan fingerprint density at radius 1 is 1.71 bits per heavy atom. The van der Waals surface area contributed by atoms with Gasteiger partial charge in [0.05, 0.1) is 6.67 Å². The second kappa shape index (κ2) is 2.07. The first kappa shape index (κ1) is 4.78. The Morgan fingerprint density at radius 3 is 2.86 bits per heavy atom. The lowest BCUT2D eigenvalue weighted by atomic mass is 10.3. The average Bonchev–Trinajstić information content (AvgIpc) is 1.69. The summed E-state index contributed by atoms with van der Waals surface area (Å²) in [4.78, 5) is 4.14. The highest BCUT2D eigenvalue weighted by molar-refractivity contribution is 5.82. The topological polar surface area (TPSA) is 24.4 Å². The van der Waals surface area contributed by atoms with Crippen molar-refractivity contribution in [1.29, 1.82) is 0 Å². The van der Waals surface area contributed by atoms with E-state index in [1.54, 1.807) is 0 Å². The largest absolute Gasteiger partial charge is 0.298 e. The molecule has 0 bridgehead atoms. The van der Waals surface area contributed by atoms with Crippen molar-refractivity contribution >= 4 is 5.71 Å². The van der Waals surface area contributed by atoms with Crippen molar-refractivity contribution in [3.63, 3.8) is 0 Å². The van der Waals surface area contributed by atoms with Crippen LogP contribution in [0.15, 0.2) is 4.99 Å². The van der Waals surface area contributed by atoms with Crippen LogP contribution in [0, 0.1) is 0 Å². The van der Waals surface area contributed by atoms with E-state index in [4.69, 9.17) is 0 Å². The molecule has 0 spiro atoms. The smallest absolute Gasteiger partial charge is 0.0883 e. The van der Waals surface area contributed by atoms with Gasteiger partial charge in [0.25, 0.3) is 0 Å². The van der Waals surface area contributed by atoms with Crippen LogP contribution in [0.1, 0.15) is 13.3 Å². The van der Waals surface area contributed by atoms with Crippen LogP contribution < -0.4 is 5.32 Å². The standard InChI is InChI=1S/C5H10N2/c1-5-2-3-6-4-7-5/h6H,2-4H2,1H3. The van der Waals surface area contributed by atoms with Crippen molar-refractivity contribution in [2.45, 2.75) is 13.3 Å². The number of aliphatic imine (C=N–C) groups is 1. The molecule has 0 aliphatic carbocycles. The second-order valence-electron chi connectivity index (χ2n) is 1.80. The molecule has 1 heterocycles. The van der Waals surface area contributed by atoms with Gasteiger partial charge in [0.15, 0.2) is 0 Å². The van der Waals surface area contributed by atoms with E-state index < -0.39 is 0 Å². The maximum Gasteiger partial charge on any atom is 0.0883 e. The van der Waals surface area contributed by atoms with Crippen LogP contribution in [0.4, 0.5) is 0 Å². The molecule has 0 amide bonds. The van der Waals surface area contributed by atoms with Crippen molar-refractivity contribution in [2.75, 3.05) is 13.2 Å². The molecule has 0 aromatic heterocycles. The summed E-state index contributed by atoms with van der Waals surface area (Å²) in [7, 11) is 0. The Bertz CT molecular complexity index is 86.1. The van der Waals surface area contributed by atoms with Crippen LogP contribution >= 0.6 is 0 Å². The summed E-state index contributed by atoms with van der Waals surface area (Å²) >= 11 is 0. The molecule has 1 aliphatic heterocycles. The zero-order chi connectivity index (χ0) is 5.11. The monoisotopic (exact) mass is 98.1 g/mol. The average molecular weight is 98.1 g/mol. The number of rotatable bonds is 0. The van der Waals surface area contributed by atoms with Gasteiger partial charge in [-0.1, -0.05) is 0 Å². The van der Waals surface area contributed by atoms with E-state index in [2.05, 4.69) is 17.2 Å². The summed E-state index contributed by atoms with van der Waals surface area (Å²) in [6.07, 6.45) is 1.12. The van der Waals surface area contributed by atoms with Gasteiger partial charge in [-0.3, -0.25) is 10.3 Å². The maximum atomic E-state index is 4.14. The Morgan fingerprint density at radius 2 is 2.57 bits per heavy atom. The van der Waals surface area contributed by atoms with Crippen molar-refractivity contribution < 1.29 is 0 Å². The van der Waals surface area contributed by atoms with E-state index in [1.165, 1.54) is 5.71 Å². The molecule has 1 N–H and O–H groups in total. The lowest BCUT2D eigenvalue weighted by molar-refractivity contribution is 0.688. The molecule has 0 atom stereocenters. The molecule has 2 heteroatoms. The molecule has 0 radical (unpaired) electrons. The first-order chi connectivity index (χ1) is 3.39. The van der Waals surface area contributed by atoms with Gasteiger partial charge in [-0.25, -0.2) is 0 Å². The van der Waals surface area contributed by atoms with E-state index in [9.17, 15) is 0 Å². The molecule has 2 nitrogen and oxygen atoms in total. The van der Waals surface area contributed by atoms with Crippen molar-refractivity contribution in [3.05, 3.63) is 0 Å². The van der Waals surface area contributed by atoms with Gasteiger partial charge in [-0.2, -0.15) is 0 Å². The fraction of sp³-hybridized carbons (Fsp3) is 0.800. The molecule has 1 aliphatic rings. The molecule has 0 unspecified atom stereocenters. The molecular weight excluding hydrogens is 88.1 g/mol. The van der Waals surface area contributed by atoms with Gasteiger partial charge in [-0.15, -0.1) is 0 Å².